The Balaban J connectivity index is 2.38. The van der Waals surface area contributed by atoms with Crippen molar-refractivity contribution in [3.63, 3.8) is 0 Å². The van der Waals surface area contributed by atoms with Crippen LogP contribution < -0.4 is 0 Å². The van der Waals surface area contributed by atoms with Crippen molar-refractivity contribution in [2.75, 3.05) is 0 Å². The van der Waals surface area contributed by atoms with Crippen molar-refractivity contribution in [1.29, 1.82) is 0 Å². The van der Waals surface area contributed by atoms with Crippen LogP contribution in [0.3, 0.4) is 0 Å². The van der Waals surface area contributed by atoms with Crippen molar-refractivity contribution in [2.45, 2.75) is 45.1 Å². The van der Waals surface area contributed by atoms with Crippen LogP contribution in [0.4, 0.5) is 0 Å². The molecule has 0 bridgehead atoms. The van der Waals surface area contributed by atoms with Crippen molar-refractivity contribution in [1.82, 2.24) is 0 Å². The number of fused-ring (bicyclic) bond motifs is 1. The number of esters is 1. The van der Waals surface area contributed by atoms with Gasteiger partial charge in [-0.3, -0.25) is 0 Å². The fraction of sp³-hybridized carbons (Fsp3) is 0.500. The van der Waals surface area contributed by atoms with Gasteiger partial charge in [0.05, 0.1) is 5.56 Å². The minimum Gasteiger partial charge on any atom is -0.458 e. The van der Waals surface area contributed by atoms with Gasteiger partial charge in [0.25, 0.3) is 0 Å². The van der Waals surface area contributed by atoms with E-state index in [9.17, 15) is 4.79 Å². The van der Waals surface area contributed by atoms with Gasteiger partial charge in [-0.15, -0.1) is 0 Å². The number of benzene rings is 1. The maximum Gasteiger partial charge on any atom is 0.338 e. The molecule has 2 heteroatoms. The van der Waals surface area contributed by atoms with Crippen LogP contribution in [0.15, 0.2) is 24.3 Å². The molecule has 1 aliphatic heterocycles. The summed E-state index contributed by atoms with van der Waals surface area (Å²) in [6.45, 7) is 4.28. The third-order valence-corrected chi connectivity index (χ3v) is 3.30. The van der Waals surface area contributed by atoms with E-state index in [1.54, 1.807) is 0 Å². The van der Waals surface area contributed by atoms with Crippen LogP contribution in [0.2, 0.25) is 0 Å². The zero-order chi connectivity index (χ0) is 11.5. The molecule has 86 valence electrons. The molecule has 1 aromatic carbocycles. The van der Waals surface area contributed by atoms with Crippen molar-refractivity contribution < 1.29 is 9.53 Å². The zero-order valence-electron chi connectivity index (χ0n) is 9.90. The van der Waals surface area contributed by atoms with Gasteiger partial charge in [0.15, 0.2) is 0 Å². The monoisotopic (exact) mass is 218 g/mol. The maximum atomic E-state index is 11.8. The molecule has 2 nitrogen and oxygen atoms in total. The molecule has 16 heavy (non-hydrogen) atoms. The third-order valence-electron chi connectivity index (χ3n) is 3.30. The van der Waals surface area contributed by atoms with Gasteiger partial charge in [0.1, 0.15) is 6.10 Å². The van der Waals surface area contributed by atoms with Gasteiger partial charge >= 0.3 is 5.97 Å². The van der Waals surface area contributed by atoms with Gasteiger partial charge in [0.2, 0.25) is 0 Å². The summed E-state index contributed by atoms with van der Waals surface area (Å²) < 4.78 is 5.52. The van der Waals surface area contributed by atoms with Crippen molar-refractivity contribution in [2.24, 2.45) is 0 Å². The number of cyclic esters (lactones) is 1. The molecule has 1 aliphatic rings. The van der Waals surface area contributed by atoms with Crippen LogP contribution in [-0.4, -0.2) is 12.1 Å². The Bertz CT molecular complexity index is 384. The lowest BCUT2D eigenvalue weighted by molar-refractivity contribution is 0.0144. The summed E-state index contributed by atoms with van der Waals surface area (Å²) in [5, 5.41) is 0. The van der Waals surface area contributed by atoms with E-state index in [-0.39, 0.29) is 12.1 Å². The topological polar surface area (TPSA) is 26.3 Å². The molecule has 0 aromatic heterocycles. The van der Waals surface area contributed by atoms with Crippen LogP contribution in [0.5, 0.6) is 0 Å². The number of hydrogen-bond donors (Lipinski definition) is 0. The highest BCUT2D eigenvalue weighted by Crippen LogP contribution is 2.35. The highest BCUT2D eigenvalue weighted by atomic mass is 16.5. The fourth-order valence-electron chi connectivity index (χ4n) is 2.52. The lowest BCUT2D eigenvalue weighted by Crippen LogP contribution is -2.31. The Labute approximate surface area is 96.6 Å². The largest absolute Gasteiger partial charge is 0.458 e. The van der Waals surface area contributed by atoms with Gasteiger partial charge in [0, 0.05) is 5.92 Å². The van der Waals surface area contributed by atoms with E-state index in [2.05, 4.69) is 19.9 Å². The number of carbonyl (C=O) groups is 1. The predicted octanol–water partition coefficient (Wildman–Crippen LogP) is 3.52. The van der Waals surface area contributed by atoms with Crippen molar-refractivity contribution in [3.8, 4) is 0 Å². The third kappa shape index (κ3) is 1.84. The molecular formula is C14H18O2. The molecule has 0 aliphatic carbocycles. The van der Waals surface area contributed by atoms with Crippen molar-refractivity contribution in [3.05, 3.63) is 35.4 Å². The molecule has 0 fully saturated rings. The van der Waals surface area contributed by atoms with E-state index in [1.807, 2.05) is 18.2 Å². The molecular weight excluding hydrogens is 200 g/mol. The highest BCUT2D eigenvalue weighted by molar-refractivity contribution is 5.92. The first-order valence-electron chi connectivity index (χ1n) is 6.07. The smallest absolute Gasteiger partial charge is 0.338 e. The minimum atomic E-state index is -0.154. The van der Waals surface area contributed by atoms with E-state index in [1.165, 1.54) is 5.56 Å². The second kappa shape index (κ2) is 4.69. The van der Waals surface area contributed by atoms with E-state index in [0.717, 1.165) is 24.8 Å². The highest BCUT2D eigenvalue weighted by Gasteiger charge is 2.33. The summed E-state index contributed by atoms with van der Waals surface area (Å²) in [7, 11) is 0. The molecule has 0 amide bonds. The standard InChI is InChI=1S/C14H18O2/c1-3-7-13-10(4-2)11-8-5-6-9-12(11)14(15)16-13/h5-6,8-10,13H,3-4,7H2,1-2H3. The lowest BCUT2D eigenvalue weighted by Gasteiger charge is -2.32. The van der Waals surface area contributed by atoms with Crippen LogP contribution >= 0.6 is 0 Å². The van der Waals surface area contributed by atoms with Crippen LogP contribution in [0.1, 0.15) is 54.9 Å². The SMILES string of the molecule is CCCC1OC(=O)c2ccccc2C1CC. The summed E-state index contributed by atoms with van der Waals surface area (Å²) in [5.41, 5.74) is 1.92. The second-order valence-electron chi connectivity index (χ2n) is 4.33. The Morgan fingerprint density at radius 2 is 2.00 bits per heavy atom. The van der Waals surface area contributed by atoms with E-state index >= 15 is 0 Å². The van der Waals surface area contributed by atoms with Gasteiger partial charge in [-0.25, -0.2) is 4.79 Å². The van der Waals surface area contributed by atoms with Gasteiger partial charge in [-0.1, -0.05) is 38.5 Å². The number of hydrogen-bond acceptors (Lipinski definition) is 2. The van der Waals surface area contributed by atoms with Crippen LogP contribution in [0.25, 0.3) is 0 Å². The molecule has 0 radical (unpaired) electrons. The van der Waals surface area contributed by atoms with Crippen LogP contribution in [-0.2, 0) is 4.74 Å². The van der Waals surface area contributed by atoms with E-state index in [0.29, 0.717) is 5.92 Å². The van der Waals surface area contributed by atoms with Gasteiger partial charge in [-0.05, 0) is 24.5 Å². The normalized spacial score (nSPS) is 23.8. The quantitative estimate of drug-likeness (QED) is 0.725. The first-order chi connectivity index (χ1) is 7.77. The Hall–Kier alpha value is -1.31. The van der Waals surface area contributed by atoms with Gasteiger partial charge in [-0.2, -0.15) is 0 Å². The molecule has 1 aromatic rings. The molecule has 0 N–H and O–H groups in total. The first kappa shape index (κ1) is 11.2. The maximum absolute atomic E-state index is 11.8. The molecule has 0 saturated heterocycles. The predicted molar refractivity (Wildman–Crippen MR) is 63.6 cm³/mol. The number of rotatable bonds is 3. The van der Waals surface area contributed by atoms with Crippen LogP contribution in [0, 0.1) is 0 Å². The molecule has 2 rings (SSSR count). The van der Waals surface area contributed by atoms with Gasteiger partial charge < -0.3 is 4.74 Å². The molecule has 1 heterocycles. The number of carbonyl (C=O) groups excluding carboxylic acids is 1. The first-order valence-corrected chi connectivity index (χ1v) is 6.07. The minimum absolute atomic E-state index is 0.0670. The Morgan fingerprint density at radius 1 is 1.25 bits per heavy atom. The summed E-state index contributed by atoms with van der Waals surface area (Å²) in [6, 6.07) is 7.82. The van der Waals surface area contributed by atoms with E-state index < -0.39 is 0 Å². The lowest BCUT2D eigenvalue weighted by atomic mass is 9.84. The number of ether oxygens (including phenoxy) is 1. The average molecular weight is 218 g/mol. The fourth-order valence-corrected chi connectivity index (χ4v) is 2.52. The Kier molecular flexibility index (Phi) is 3.28. The molecule has 2 unspecified atom stereocenters. The molecule has 0 spiro atoms. The second-order valence-corrected chi connectivity index (χ2v) is 4.33. The molecule has 2 atom stereocenters. The molecule has 0 saturated carbocycles. The summed E-state index contributed by atoms with van der Waals surface area (Å²) in [6.07, 6.45) is 3.10. The van der Waals surface area contributed by atoms with Crippen molar-refractivity contribution >= 4 is 5.97 Å². The summed E-state index contributed by atoms with van der Waals surface area (Å²) >= 11 is 0. The zero-order valence-corrected chi connectivity index (χ0v) is 9.90. The summed E-state index contributed by atoms with van der Waals surface area (Å²) in [5.74, 6) is 0.215. The summed E-state index contributed by atoms with van der Waals surface area (Å²) in [4.78, 5) is 11.8. The Morgan fingerprint density at radius 3 is 2.69 bits per heavy atom. The average Bonchev–Trinajstić information content (AvgIpc) is 2.30. The van der Waals surface area contributed by atoms with E-state index in [4.69, 9.17) is 4.74 Å².